The average molecular weight is 366 g/mol. The molecule has 1 fully saturated rings. The predicted molar refractivity (Wildman–Crippen MR) is 108 cm³/mol. The van der Waals surface area contributed by atoms with Gasteiger partial charge in [0.25, 0.3) is 5.91 Å². The van der Waals surface area contributed by atoms with Crippen molar-refractivity contribution in [1.82, 2.24) is 10.3 Å². The molecule has 4 rings (SSSR count). The fraction of sp³-hybridized carbons (Fsp3) is 0.333. The fourth-order valence-electron chi connectivity index (χ4n) is 3.63. The number of anilines is 1. The molecule has 1 N–H and O–H groups in total. The molecule has 0 aliphatic carbocycles. The Kier molecular flexibility index (Phi) is 4.64. The number of thiophene rings is 1. The highest BCUT2D eigenvalue weighted by Gasteiger charge is 2.22. The first-order valence-corrected chi connectivity index (χ1v) is 9.97. The van der Waals surface area contributed by atoms with Gasteiger partial charge in [-0.2, -0.15) is 0 Å². The number of carbonyl (C=O) groups excluding carboxylic acids is 1. The predicted octanol–water partition coefficient (Wildman–Crippen LogP) is 4.44. The van der Waals surface area contributed by atoms with Crippen molar-refractivity contribution < 1.29 is 4.79 Å². The number of nitrogens with zero attached hydrogens (tertiary/aromatic N) is 2. The lowest BCUT2D eigenvalue weighted by molar-refractivity contribution is 0.0951. The van der Waals surface area contributed by atoms with Crippen LogP contribution < -0.4 is 10.2 Å². The summed E-state index contributed by atoms with van der Waals surface area (Å²) < 4.78 is 0. The summed E-state index contributed by atoms with van der Waals surface area (Å²) in [5, 5.41) is 6.15. The first-order valence-electron chi connectivity index (χ1n) is 9.09. The summed E-state index contributed by atoms with van der Waals surface area (Å²) in [5.74, 6) is 0.776. The number of amides is 1. The van der Waals surface area contributed by atoms with Crippen LogP contribution in [0.25, 0.3) is 10.9 Å². The van der Waals surface area contributed by atoms with Crippen molar-refractivity contribution in [3.63, 3.8) is 0 Å². The van der Waals surface area contributed by atoms with Gasteiger partial charge in [0, 0.05) is 23.4 Å². The van der Waals surface area contributed by atoms with Crippen molar-refractivity contribution in [2.75, 3.05) is 18.0 Å². The number of hydrogen-bond donors (Lipinski definition) is 1. The van der Waals surface area contributed by atoms with Gasteiger partial charge in [0.1, 0.15) is 5.82 Å². The molecule has 3 aromatic rings. The molecule has 1 amide bonds. The number of hydrogen-bond acceptors (Lipinski definition) is 4. The zero-order valence-electron chi connectivity index (χ0n) is 15.2. The second-order valence-electron chi connectivity index (χ2n) is 6.96. The van der Waals surface area contributed by atoms with Crippen LogP contribution >= 0.6 is 11.3 Å². The molecule has 0 unspecified atom stereocenters. The summed E-state index contributed by atoms with van der Waals surface area (Å²) >= 11 is 1.66. The molecule has 1 aromatic carbocycles. The Morgan fingerprint density at radius 1 is 1.23 bits per heavy atom. The van der Waals surface area contributed by atoms with Crippen LogP contribution in [0.3, 0.4) is 0 Å². The van der Waals surface area contributed by atoms with Gasteiger partial charge in [-0.1, -0.05) is 12.1 Å². The van der Waals surface area contributed by atoms with Crippen LogP contribution in [0.4, 0.5) is 5.82 Å². The molecule has 4 nitrogen and oxygen atoms in total. The van der Waals surface area contributed by atoms with Crippen LogP contribution in [-0.2, 0) is 6.54 Å². The van der Waals surface area contributed by atoms with Gasteiger partial charge in [-0.15, -0.1) is 11.3 Å². The van der Waals surface area contributed by atoms with E-state index in [9.17, 15) is 4.79 Å². The van der Waals surface area contributed by atoms with Gasteiger partial charge in [0.2, 0.25) is 0 Å². The minimum atomic E-state index is -0.0466. The topological polar surface area (TPSA) is 45.2 Å². The molecule has 0 bridgehead atoms. The number of nitrogens with one attached hydrogen (secondary N) is 1. The van der Waals surface area contributed by atoms with E-state index in [0.29, 0.717) is 12.1 Å². The maximum Gasteiger partial charge on any atom is 0.255 e. The van der Waals surface area contributed by atoms with Gasteiger partial charge in [-0.25, -0.2) is 4.98 Å². The molecule has 134 valence electrons. The minimum absolute atomic E-state index is 0.0466. The van der Waals surface area contributed by atoms with E-state index < -0.39 is 0 Å². The van der Waals surface area contributed by atoms with Crippen molar-refractivity contribution >= 4 is 34.0 Å². The third-order valence-electron chi connectivity index (χ3n) is 4.92. The minimum Gasteiger partial charge on any atom is -0.356 e. The Labute approximate surface area is 157 Å². The Bertz CT molecular complexity index is 944. The highest BCUT2D eigenvalue weighted by molar-refractivity contribution is 7.09. The summed E-state index contributed by atoms with van der Waals surface area (Å²) in [6, 6.07) is 10.3. The SMILES string of the molecule is Cc1cc(C)c2cc(C(=O)NCc3cccs3)c(N3CCCC3)nc2c1. The lowest BCUT2D eigenvalue weighted by Gasteiger charge is -2.21. The number of benzene rings is 1. The molecule has 5 heteroatoms. The van der Waals surface area contributed by atoms with E-state index >= 15 is 0 Å². The van der Waals surface area contributed by atoms with Crippen LogP contribution in [0.5, 0.6) is 0 Å². The standard InChI is InChI=1S/C21H23N3OS/c1-14-10-15(2)17-12-18(21(25)22-13-16-6-5-9-26-16)20(23-19(17)11-14)24-7-3-4-8-24/h5-6,9-12H,3-4,7-8,13H2,1-2H3,(H,22,25). The second kappa shape index (κ2) is 7.08. The molecular formula is C21H23N3OS. The molecule has 3 heterocycles. The van der Waals surface area contributed by atoms with Crippen molar-refractivity contribution in [1.29, 1.82) is 0 Å². The van der Waals surface area contributed by atoms with Gasteiger partial charge in [-0.3, -0.25) is 4.79 Å². The normalized spacial score (nSPS) is 14.2. The van der Waals surface area contributed by atoms with E-state index in [1.54, 1.807) is 11.3 Å². The zero-order chi connectivity index (χ0) is 18.1. The molecule has 2 aromatic heterocycles. The molecule has 0 spiro atoms. The summed E-state index contributed by atoms with van der Waals surface area (Å²) in [5.41, 5.74) is 4.01. The summed E-state index contributed by atoms with van der Waals surface area (Å²) in [7, 11) is 0. The van der Waals surface area contributed by atoms with Crippen molar-refractivity contribution in [2.24, 2.45) is 0 Å². The maximum atomic E-state index is 13.0. The molecule has 1 aliphatic heterocycles. The molecule has 0 atom stereocenters. The van der Waals surface area contributed by atoms with Crippen LogP contribution in [0, 0.1) is 13.8 Å². The third-order valence-corrected chi connectivity index (χ3v) is 5.80. The highest BCUT2D eigenvalue weighted by atomic mass is 32.1. The van der Waals surface area contributed by atoms with Gasteiger partial charge in [0.15, 0.2) is 0 Å². The zero-order valence-corrected chi connectivity index (χ0v) is 16.0. The lowest BCUT2D eigenvalue weighted by Crippen LogP contribution is -2.28. The van der Waals surface area contributed by atoms with Crippen molar-refractivity contribution in [2.45, 2.75) is 33.2 Å². The molecular weight excluding hydrogens is 342 g/mol. The molecule has 1 aliphatic rings. The molecule has 0 radical (unpaired) electrons. The molecule has 1 saturated heterocycles. The van der Waals surface area contributed by atoms with E-state index in [0.717, 1.165) is 53.1 Å². The second-order valence-corrected chi connectivity index (χ2v) is 8.00. The van der Waals surface area contributed by atoms with E-state index in [-0.39, 0.29) is 5.91 Å². The Balaban J connectivity index is 1.74. The Morgan fingerprint density at radius 2 is 2.04 bits per heavy atom. The van der Waals surface area contributed by atoms with E-state index in [2.05, 4.69) is 36.2 Å². The number of aryl methyl sites for hydroxylation is 2. The number of fused-ring (bicyclic) bond motifs is 1. The van der Waals surface area contributed by atoms with Gasteiger partial charge < -0.3 is 10.2 Å². The first kappa shape index (κ1) is 17.0. The first-order chi connectivity index (χ1) is 12.6. The number of aromatic nitrogens is 1. The summed E-state index contributed by atoms with van der Waals surface area (Å²) in [6.07, 6.45) is 2.31. The Morgan fingerprint density at radius 3 is 2.77 bits per heavy atom. The fourth-order valence-corrected chi connectivity index (χ4v) is 4.28. The van der Waals surface area contributed by atoms with Gasteiger partial charge in [0.05, 0.1) is 17.6 Å². The number of pyridine rings is 1. The van der Waals surface area contributed by atoms with Gasteiger partial charge >= 0.3 is 0 Å². The van der Waals surface area contributed by atoms with Crippen molar-refractivity contribution in [3.05, 3.63) is 57.3 Å². The van der Waals surface area contributed by atoms with E-state index in [1.807, 2.05) is 23.6 Å². The Hall–Kier alpha value is -2.40. The summed E-state index contributed by atoms with van der Waals surface area (Å²) in [6.45, 7) is 6.66. The van der Waals surface area contributed by atoms with E-state index in [1.165, 1.54) is 5.56 Å². The highest BCUT2D eigenvalue weighted by Crippen LogP contribution is 2.29. The number of carbonyl (C=O) groups is 1. The van der Waals surface area contributed by atoms with Crippen LogP contribution in [0.2, 0.25) is 0 Å². The molecule has 0 saturated carbocycles. The third kappa shape index (κ3) is 3.31. The number of rotatable bonds is 4. The monoisotopic (exact) mass is 365 g/mol. The summed E-state index contributed by atoms with van der Waals surface area (Å²) in [4.78, 5) is 21.3. The van der Waals surface area contributed by atoms with Gasteiger partial charge in [-0.05, 0) is 61.4 Å². The molecule has 26 heavy (non-hydrogen) atoms. The smallest absolute Gasteiger partial charge is 0.255 e. The van der Waals surface area contributed by atoms with Crippen molar-refractivity contribution in [3.8, 4) is 0 Å². The van der Waals surface area contributed by atoms with Crippen LogP contribution in [0.15, 0.2) is 35.7 Å². The maximum absolute atomic E-state index is 13.0. The largest absolute Gasteiger partial charge is 0.356 e. The van der Waals surface area contributed by atoms with Crippen LogP contribution in [0.1, 0.15) is 39.2 Å². The van der Waals surface area contributed by atoms with E-state index in [4.69, 9.17) is 4.98 Å². The quantitative estimate of drug-likeness (QED) is 0.743. The van der Waals surface area contributed by atoms with Crippen LogP contribution in [-0.4, -0.2) is 24.0 Å². The average Bonchev–Trinajstić information content (AvgIpc) is 3.32. The lowest BCUT2D eigenvalue weighted by atomic mass is 10.0.